The summed E-state index contributed by atoms with van der Waals surface area (Å²) in [5, 5.41) is 3.54. The zero-order valence-corrected chi connectivity index (χ0v) is 13.4. The van der Waals surface area contributed by atoms with E-state index in [1.54, 1.807) is 12.1 Å². The van der Waals surface area contributed by atoms with Gasteiger partial charge in [0.1, 0.15) is 0 Å². The molecular weight excluding hydrogens is 268 g/mol. The summed E-state index contributed by atoms with van der Waals surface area (Å²) in [6, 6.07) is 4.60. The van der Waals surface area contributed by atoms with Crippen LogP contribution in [0, 0.1) is 17.6 Å². The van der Waals surface area contributed by atoms with E-state index in [0.717, 1.165) is 25.8 Å². The molecular formula is C18H27F2N. The van der Waals surface area contributed by atoms with Gasteiger partial charge in [-0.1, -0.05) is 31.4 Å². The van der Waals surface area contributed by atoms with Gasteiger partial charge in [0.25, 0.3) is 0 Å². The minimum Gasteiger partial charge on any atom is -0.312 e. The van der Waals surface area contributed by atoms with Crippen molar-refractivity contribution in [3.05, 3.63) is 35.4 Å². The SMILES string of the molecule is CC(C)(C)NCC1CCCCCC1c1cccc(F)c1F. The fourth-order valence-electron chi connectivity index (χ4n) is 3.28. The standard InChI is InChI=1S/C18H27F2N/c1-18(2,3)21-12-13-8-5-4-6-9-14(13)15-10-7-11-16(19)17(15)20/h7,10-11,13-14,21H,4-6,8-9,12H2,1-3H3. The van der Waals surface area contributed by atoms with Crippen LogP contribution in [0.25, 0.3) is 0 Å². The third-order valence-electron chi connectivity index (χ3n) is 4.43. The third-order valence-corrected chi connectivity index (χ3v) is 4.43. The maximum atomic E-state index is 14.2. The number of benzene rings is 1. The van der Waals surface area contributed by atoms with Crippen molar-refractivity contribution in [1.82, 2.24) is 5.32 Å². The summed E-state index contributed by atoms with van der Waals surface area (Å²) in [6.45, 7) is 7.29. The van der Waals surface area contributed by atoms with Crippen molar-refractivity contribution in [2.75, 3.05) is 6.54 Å². The van der Waals surface area contributed by atoms with E-state index in [9.17, 15) is 8.78 Å². The number of halogens is 2. The van der Waals surface area contributed by atoms with Crippen LogP contribution in [0.5, 0.6) is 0 Å². The largest absolute Gasteiger partial charge is 0.312 e. The molecule has 2 atom stereocenters. The van der Waals surface area contributed by atoms with Gasteiger partial charge in [-0.15, -0.1) is 0 Å². The van der Waals surface area contributed by atoms with E-state index in [2.05, 4.69) is 26.1 Å². The molecule has 1 nitrogen and oxygen atoms in total. The Kier molecular flexibility index (Phi) is 5.37. The highest BCUT2D eigenvalue weighted by atomic mass is 19.2. The van der Waals surface area contributed by atoms with Crippen LogP contribution in [0.3, 0.4) is 0 Å². The second-order valence-corrected chi connectivity index (χ2v) is 7.28. The molecule has 1 aliphatic rings. The van der Waals surface area contributed by atoms with Gasteiger partial charge in [-0.3, -0.25) is 0 Å². The molecule has 0 radical (unpaired) electrons. The number of hydrogen-bond acceptors (Lipinski definition) is 1. The lowest BCUT2D eigenvalue weighted by molar-refractivity contribution is 0.316. The van der Waals surface area contributed by atoms with Crippen molar-refractivity contribution in [2.45, 2.75) is 64.3 Å². The monoisotopic (exact) mass is 295 g/mol. The Bertz CT molecular complexity index is 465. The zero-order valence-electron chi connectivity index (χ0n) is 13.4. The van der Waals surface area contributed by atoms with Crippen LogP contribution in [0.2, 0.25) is 0 Å². The van der Waals surface area contributed by atoms with Crippen molar-refractivity contribution in [3.8, 4) is 0 Å². The first kappa shape index (κ1) is 16.4. The van der Waals surface area contributed by atoms with Gasteiger partial charge < -0.3 is 5.32 Å². The molecule has 0 saturated heterocycles. The summed E-state index contributed by atoms with van der Waals surface area (Å²) < 4.78 is 27.7. The number of hydrogen-bond donors (Lipinski definition) is 1. The Hall–Kier alpha value is -0.960. The molecule has 1 fully saturated rings. The molecule has 2 unspecified atom stereocenters. The Morgan fingerprint density at radius 3 is 2.52 bits per heavy atom. The normalized spacial score (nSPS) is 23.9. The first-order chi connectivity index (χ1) is 9.88. The van der Waals surface area contributed by atoms with Crippen LogP contribution in [-0.2, 0) is 0 Å². The number of nitrogens with one attached hydrogen (secondary N) is 1. The maximum Gasteiger partial charge on any atom is 0.162 e. The number of rotatable bonds is 3. The van der Waals surface area contributed by atoms with E-state index in [0.29, 0.717) is 11.5 Å². The second-order valence-electron chi connectivity index (χ2n) is 7.28. The van der Waals surface area contributed by atoms with E-state index >= 15 is 0 Å². The van der Waals surface area contributed by atoms with Gasteiger partial charge in [0, 0.05) is 5.54 Å². The minimum atomic E-state index is -0.723. The molecule has 0 bridgehead atoms. The van der Waals surface area contributed by atoms with Gasteiger partial charge in [-0.25, -0.2) is 8.78 Å². The predicted octanol–water partition coefficient (Wildman–Crippen LogP) is 5.02. The molecule has 1 aromatic carbocycles. The zero-order chi connectivity index (χ0) is 15.5. The van der Waals surface area contributed by atoms with Crippen LogP contribution in [0.15, 0.2) is 18.2 Å². The van der Waals surface area contributed by atoms with E-state index in [-0.39, 0.29) is 11.5 Å². The Balaban J connectivity index is 2.21. The van der Waals surface area contributed by atoms with E-state index in [4.69, 9.17) is 0 Å². The fourth-order valence-corrected chi connectivity index (χ4v) is 3.28. The van der Waals surface area contributed by atoms with Gasteiger partial charge in [0.05, 0.1) is 0 Å². The molecule has 0 heterocycles. The molecule has 1 aromatic rings. The molecule has 1 saturated carbocycles. The fraction of sp³-hybridized carbons (Fsp3) is 0.667. The van der Waals surface area contributed by atoms with E-state index < -0.39 is 11.6 Å². The molecule has 118 valence electrons. The molecule has 0 aromatic heterocycles. The topological polar surface area (TPSA) is 12.0 Å². The van der Waals surface area contributed by atoms with Crippen molar-refractivity contribution in [3.63, 3.8) is 0 Å². The first-order valence-corrected chi connectivity index (χ1v) is 8.07. The third kappa shape index (κ3) is 4.50. The van der Waals surface area contributed by atoms with Crippen LogP contribution in [-0.4, -0.2) is 12.1 Å². The molecule has 3 heteroatoms. The Morgan fingerprint density at radius 2 is 1.81 bits per heavy atom. The van der Waals surface area contributed by atoms with Crippen LogP contribution < -0.4 is 5.32 Å². The highest BCUT2D eigenvalue weighted by Gasteiger charge is 2.28. The second kappa shape index (κ2) is 6.87. The van der Waals surface area contributed by atoms with Gasteiger partial charge in [-0.05, 0) is 63.6 Å². The highest BCUT2D eigenvalue weighted by Crippen LogP contribution is 2.38. The molecule has 0 amide bonds. The Morgan fingerprint density at radius 1 is 1.10 bits per heavy atom. The average molecular weight is 295 g/mol. The van der Waals surface area contributed by atoms with E-state index in [1.165, 1.54) is 18.9 Å². The lowest BCUT2D eigenvalue weighted by atomic mass is 9.81. The van der Waals surface area contributed by atoms with Crippen molar-refractivity contribution in [2.24, 2.45) is 5.92 Å². The summed E-state index contributed by atoms with van der Waals surface area (Å²) in [5.74, 6) is -0.870. The van der Waals surface area contributed by atoms with Crippen LogP contribution in [0.4, 0.5) is 8.78 Å². The summed E-state index contributed by atoms with van der Waals surface area (Å²) in [6.07, 6.45) is 5.52. The Labute approximate surface area is 127 Å². The lowest BCUT2D eigenvalue weighted by Crippen LogP contribution is -2.40. The highest BCUT2D eigenvalue weighted by molar-refractivity contribution is 5.24. The van der Waals surface area contributed by atoms with Crippen LogP contribution in [0.1, 0.15) is 64.4 Å². The predicted molar refractivity (Wildman–Crippen MR) is 83.4 cm³/mol. The summed E-state index contributed by atoms with van der Waals surface area (Å²) in [7, 11) is 0. The molecule has 1 N–H and O–H groups in total. The van der Waals surface area contributed by atoms with E-state index in [1.807, 2.05) is 0 Å². The first-order valence-electron chi connectivity index (χ1n) is 8.07. The molecule has 0 spiro atoms. The maximum absolute atomic E-state index is 14.2. The van der Waals surface area contributed by atoms with Crippen molar-refractivity contribution in [1.29, 1.82) is 0 Å². The summed E-state index contributed by atoms with van der Waals surface area (Å²) >= 11 is 0. The molecule has 2 rings (SSSR count). The average Bonchev–Trinajstić information content (AvgIpc) is 2.64. The smallest absolute Gasteiger partial charge is 0.162 e. The molecule has 1 aliphatic carbocycles. The molecule has 0 aliphatic heterocycles. The summed E-state index contributed by atoms with van der Waals surface area (Å²) in [4.78, 5) is 0. The lowest BCUT2D eigenvalue weighted by Gasteiger charge is -2.30. The van der Waals surface area contributed by atoms with Crippen molar-refractivity contribution < 1.29 is 8.78 Å². The molecule has 21 heavy (non-hydrogen) atoms. The van der Waals surface area contributed by atoms with Gasteiger partial charge in [0.15, 0.2) is 11.6 Å². The van der Waals surface area contributed by atoms with Crippen molar-refractivity contribution >= 4 is 0 Å². The van der Waals surface area contributed by atoms with Gasteiger partial charge >= 0.3 is 0 Å². The van der Waals surface area contributed by atoms with Crippen LogP contribution >= 0.6 is 0 Å². The van der Waals surface area contributed by atoms with Gasteiger partial charge in [-0.2, -0.15) is 0 Å². The summed E-state index contributed by atoms with van der Waals surface area (Å²) in [5.41, 5.74) is 0.620. The van der Waals surface area contributed by atoms with Gasteiger partial charge in [0.2, 0.25) is 0 Å². The minimum absolute atomic E-state index is 0.0529. The quantitative estimate of drug-likeness (QED) is 0.772.